The second-order valence-electron chi connectivity index (χ2n) is 9.15. The quantitative estimate of drug-likeness (QED) is 0.763. The minimum absolute atomic E-state index is 0.101. The van der Waals surface area contributed by atoms with Gasteiger partial charge < -0.3 is 19.4 Å². The average molecular weight is 426 g/mol. The Bertz CT molecular complexity index is 995. The van der Waals surface area contributed by atoms with Crippen molar-refractivity contribution in [1.29, 1.82) is 5.26 Å². The summed E-state index contributed by atoms with van der Waals surface area (Å²) in [4.78, 5) is 17.4. The van der Waals surface area contributed by atoms with Gasteiger partial charge in [0, 0.05) is 43.3 Å². The summed E-state index contributed by atoms with van der Waals surface area (Å²) in [6, 6.07) is 7.81. The molecule has 2 fully saturated rings. The van der Waals surface area contributed by atoms with Gasteiger partial charge in [0.05, 0.1) is 17.2 Å². The highest BCUT2D eigenvalue weighted by molar-refractivity contribution is 5.93. The third kappa shape index (κ3) is 4.94. The molecule has 164 valence electrons. The van der Waals surface area contributed by atoms with E-state index in [2.05, 4.69) is 10.1 Å². The summed E-state index contributed by atoms with van der Waals surface area (Å²) >= 11 is 0. The molecule has 1 aromatic heterocycles. The summed E-state index contributed by atoms with van der Waals surface area (Å²) < 4.78 is 19.6. The van der Waals surface area contributed by atoms with Crippen LogP contribution >= 0.6 is 0 Å². The molecule has 0 unspecified atom stereocenters. The Morgan fingerprint density at radius 1 is 1.29 bits per heavy atom. The van der Waals surface area contributed by atoms with Crippen LogP contribution in [0.15, 0.2) is 28.8 Å². The highest BCUT2D eigenvalue weighted by Crippen LogP contribution is 2.34. The lowest BCUT2D eigenvalue weighted by Gasteiger charge is -2.40. The van der Waals surface area contributed by atoms with Crippen molar-refractivity contribution in [1.82, 2.24) is 15.0 Å². The van der Waals surface area contributed by atoms with E-state index < -0.39 is 11.4 Å². The molecule has 2 heterocycles. The number of nitriles is 1. The Hall–Kier alpha value is -2.76. The summed E-state index contributed by atoms with van der Waals surface area (Å²) in [7, 11) is 0. The first-order valence-corrected chi connectivity index (χ1v) is 10.7. The fourth-order valence-corrected chi connectivity index (χ4v) is 4.31. The molecule has 1 amide bonds. The number of nitrogens with zero attached hydrogens (tertiary/aromatic N) is 4. The Balaban J connectivity index is 1.47. The zero-order valence-electron chi connectivity index (χ0n) is 17.8. The smallest absolute Gasteiger partial charge is 0.292 e. The lowest BCUT2D eigenvalue weighted by atomic mass is 10.00. The van der Waals surface area contributed by atoms with Gasteiger partial charge in [0.2, 0.25) is 5.76 Å². The number of hydrogen-bond acceptors (Lipinski definition) is 6. The van der Waals surface area contributed by atoms with Gasteiger partial charge in [-0.1, -0.05) is 5.16 Å². The van der Waals surface area contributed by atoms with Crippen LogP contribution in [0.4, 0.5) is 4.39 Å². The van der Waals surface area contributed by atoms with Gasteiger partial charge in [0.25, 0.3) is 5.91 Å². The third-order valence-electron chi connectivity index (χ3n) is 5.83. The van der Waals surface area contributed by atoms with E-state index in [9.17, 15) is 14.3 Å². The summed E-state index contributed by atoms with van der Waals surface area (Å²) in [5.74, 6) is -0.689. The summed E-state index contributed by atoms with van der Waals surface area (Å²) in [6.45, 7) is 5.86. The minimum Gasteiger partial charge on any atom is -0.389 e. The van der Waals surface area contributed by atoms with Crippen LogP contribution < -0.4 is 0 Å². The van der Waals surface area contributed by atoms with Crippen molar-refractivity contribution in [2.24, 2.45) is 0 Å². The zero-order chi connectivity index (χ0) is 22.2. The third-order valence-corrected chi connectivity index (χ3v) is 5.83. The molecule has 31 heavy (non-hydrogen) atoms. The Kier molecular flexibility index (Phi) is 5.82. The molecular weight excluding hydrogens is 399 g/mol. The van der Waals surface area contributed by atoms with Gasteiger partial charge in [-0.2, -0.15) is 5.26 Å². The van der Waals surface area contributed by atoms with Crippen molar-refractivity contribution in [2.45, 2.75) is 57.2 Å². The molecule has 4 rings (SSSR count). The molecule has 0 spiro atoms. The first-order valence-electron chi connectivity index (χ1n) is 10.7. The molecule has 0 atom stereocenters. The number of halogens is 1. The second kappa shape index (κ2) is 8.40. The van der Waals surface area contributed by atoms with E-state index in [1.807, 2.05) is 11.0 Å². The average Bonchev–Trinajstić information content (AvgIpc) is 3.43. The number of β-amino-alcohol motifs (C(OH)–C–C–N with tert-alkyl or cyclic N) is 1. The number of likely N-dealkylation sites (tertiary alicyclic amines) is 1. The number of aliphatic hydroxyl groups is 1. The maximum Gasteiger partial charge on any atom is 0.292 e. The molecular formula is C23H27FN4O3. The number of carbonyl (C=O) groups excluding carboxylic acids is 1. The van der Waals surface area contributed by atoms with Crippen molar-refractivity contribution in [3.05, 3.63) is 41.4 Å². The predicted molar refractivity (Wildman–Crippen MR) is 112 cm³/mol. The second-order valence-corrected chi connectivity index (χ2v) is 9.15. The minimum atomic E-state index is -0.740. The number of benzene rings is 1. The van der Waals surface area contributed by atoms with Gasteiger partial charge in [-0.25, -0.2) is 4.39 Å². The maximum atomic E-state index is 14.3. The highest BCUT2D eigenvalue weighted by atomic mass is 19.1. The summed E-state index contributed by atoms with van der Waals surface area (Å²) in [6.07, 6.45) is 3.62. The number of hydrogen-bond donors (Lipinski definition) is 1. The predicted octanol–water partition coefficient (Wildman–Crippen LogP) is 3.19. The summed E-state index contributed by atoms with van der Waals surface area (Å²) in [5, 5.41) is 22.9. The van der Waals surface area contributed by atoms with Gasteiger partial charge in [-0.15, -0.1) is 0 Å². The molecule has 1 aromatic carbocycles. The van der Waals surface area contributed by atoms with E-state index in [1.165, 1.54) is 18.2 Å². The monoisotopic (exact) mass is 426 g/mol. The van der Waals surface area contributed by atoms with Gasteiger partial charge >= 0.3 is 0 Å². The molecule has 7 nitrogen and oxygen atoms in total. The largest absolute Gasteiger partial charge is 0.389 e. The van der Waals surface area contributed by atoms with E-state index in [-0.39, 0.29) is 40.6 Å². The first kappa shape index (κ1) is 21.5. The molecule has 0 radical (unpaired) electrons. The van der Waals surface area contributed by atoms with E-state index >= 15 is 0 Å². The number of rotatable bonds is 6. The topological polar surface area (TPSA) is 93.6 Å². The van der Waals surface area contributed by atoms with Gasteiger partial charge in [-0.05, 0) is 57.7 Å². The van der Waals surface area contributed by atoms with Crippen LogP contribution in [0, 0.1) is 17.1 Å². The molecule has 2 aromatic rings. The fourth-order valence-electron chi connectivity index (χ4n) is 4.31. The highest BCUT2D eigenvalue weighted by Gasteiger charge is 2.40. The van der Waals surface area contributed by atoms with Crippen molar-refractivity contribution in [3.63, 3.8) is 0 Å². The molecule has 1 saturated carbocycles. The van der Waals surface area contributed by atoms with Crippen LogP contribution in [0.2, 0.25) is 0 Å². The van der Waals surface area contributed by atoms with E-state index in [0.29, 0.717) is 6.54 Å². The molecule has 1 N–H and O–H groups in total. The van der Waals surface area contributed by atoms with Crippen molar-refractivity contribution in [3.8, 4) is 17.3 Å². The fraction of sp³-hybridized carbons (Fsp3) is 0.522. The SMILES string of the molecule is CC(C)(O)CN1CCC(N(C(=O)c2cc(-c3ccc(C#N)cc3F)no2)C2CC2)CC1. The lowest BCUT2D eigenvalue weighted by Crippen LogP contribution is -2.50. The standard InChI is InChI=1S/C23H27FN4O3/c1-23(2,30)14-27-9-7-17(8-10-27)28(16-4-5-16)22(29)21-12-20(26-31-21)18-6-3-15(13-25)11-19(18)24/h3,6,11-12,16-17,30H,4-5,7-10,14H2,1-2H3. The van der Waals surface area contributed by atoms with Crippen LogP contribution in [0.1, 0.15) is 55.6 Å². The number of aromatic nitrogens is 1. The Morgan fingerprint density at radius 3 is 2.55 bits per heavy atom. The summed E-state index contributed by atoms with van der Waals surface area (Å²) in [5.41, 5.74) is -0.0897. The van der Waals surface area contributed by atoms with Crippen molar-refractivity contribution in [2.75, 3.05) is 19.6 Å². The van der Waals surface area contributed by atoms with E-state index in [0.717, 1.165) is 44.8 Å². The molecule has 1 saturated heterocycles. The number of carbonyl (C=O) groups is 1. The molecule has 2 aliphatic rings. The van der Waals surface area contributed by atoms with Crippen LogP contribution in [-0.2, 0) is 0 Å². The van der Waals surface area contributed by atoms with Gasteiger partial charge in [0.1, 0.15) is 11.5 Å². The number of amides is 1. The molecule has 0 bridgehead atoms. The van der Waals surface area contributed by atoms with Crippen LogP contribution in [0.25, 0.3) is 11.3 Å². The van der Waals surface area contributed by atoms with Crippen molar-refractivity contribution < 1.29 is 18.8 Å². The molecule has 1 aliphatic heterocycles. The van der Waals surface area contributed by atoms with Crippen LogP contribution in [0.3, 0.4) is 0 Å². The number of piperidine rings is 1. The van der Waals surface area contributed by atoms with E-state index in [4.69, 9.17) is 9.78 Å². The van der Waals surface area contributed by atoms with E-state index in [1.54, 1.807) is 13.8 Å². The lowest BCUT2D eigenvalue weighted by molar-refractivity contribution is 0.0149. The maximum absolute atomic E-state index is 14.3. The van der Waals surface area contributed by atoms with Crippen molar-refractivity contribution >= 4 is 5.91 Å². The Labute approximate surface area is 181 Å². The first-order chi connectivity index (χ1) is 14.7. The normalized spacial score (nSPS) is 18.0. The van der Waals surface area contributed by atoms with Gasteiger partial charge in [-0.3, -0.25) is 4.79 Å². The van der Waals surface area contributed by atoms with Crippen LogP contribution in [0.5, 0.6) is 0 Å². The zero-order valence-corrected chi connectivity index (χ0v) is 17.8. The molecule has 1 aliphatic carbocycles. The molecule has 8 heteroatoms. The van der Waals surface area contributed by atoms with Crippen LogP contribution in [-0.4, -0.2) is 63.3 Å². The van der Waals surface area contributed by atoms with Gasteiger partial charge in [0.15, 0.2) is 0 Å². The Morgan fingerprint density at radius 2 is 1.97 bits per heavy atom.